The number of nitrogens with zero attached hydrogens (tertiary/aromatic N) is 5. The Morgan fingerprint density at radius 1 is 1.08 bits per heavy atom. The van der Waals surface area contributed by atoms with Crippen molar-refractivity contribution in [1.29, 1.82) is 5.26 Å². The molecule has 3 aromatic rings. The first kappa shape index (κ1) is 15.1. The minimum Gasteiger partial charge on any atom is -0.339 e. The smallest absolute Gasteiger partial charge is 0.251 e. The zero-order chi connectivity index (χ0) is 17.1. The SMILES string of the molecule is N#Cc1ccc(Nc2cnnc(N3CCCc4ccccc43)n2)cc1. The normalized spacial score (nSPS) is 13.0. The van der Waals surface area contributed by atoms with Crippen LogP contribution in [0.15, 0.2) is 54.7 Å². The maximum Gasteiger partial charge on any atom is 0.251 e. The molecule has 1 aliphatic heterocycles. The topological polar surface area (TPSA) is 77.7 Å². The zero-order valence-corrected chi connectivity index (χ0v) is 13.6. The average molecular weight is 328 g/mol. The molecular formula is C19H16N6. The lowest BCUT2D eigenvalue weighted by atomic mass is 10.0. The molecule has 0 saturated heterocycles. The third-order valence-electron chi connectivity index (χ3n) is 4.19. The van der Waals surface area contributed by atoms with Gasteiger partial charge in [-0.2, -0.15) is 15.3 Å². The molecule has 1 aliphatic rings. The van der Waals surface area contributed by atoms with E-state index in [1.165, 1.54) is 5.56 Å². The summed E-state index contributed by atoms with van der Waals surface area (Å²) in [6.07, 6.45) is 3.73. The lowest BCUT2D eigenvalue weighted by Gasteiger charge is -2.29. The van der Waals surface area contributed by atoms with E-state index < -0.39 is 0 Å². The Kier molecular flexibility index (Phi) is 3.97. The van der Waals surface area contributed by atoms with Crippen LogP contribution in [0.2, 0.25) is 0 Å². The molecule has 0 bridgehead atoms. The Bertz CT molecular complexity index is 929. The van der Waals surface area contributed by atoms with Gasteiger partial charge in [0.15, 0.2) is 5.82 Å². The van der Waals surface area contributed by atoms with E-state index in [1.807, 2.05) is 18.2 Å². The third-order valence-corrected chi connectivity index (χ3v) is 4.19. The van der Waals surface area contributed by atoms with Crippen molar-refractivity contribution in [3.8, 4) is 6.07 Å². The van der Waals surface area contributed by atoms with Crippen LogP contribution in [0.1, 0.15) is 17.5 Å². The Morgan fingerprint density at radius 3 is 2.76 bits per heavy atom. The summed E-state index contributed by atoms with van der Waals surface area (Å²) < 4.78 is 0. The Morgan fingerprint density at radius 2 is 1.92 bits per heavy atom. The molecular weight excluding hydrogens is 312 g/mol. The van der Waals surface area contributed by atoms with E-state index in [1.54, 1.807) is 18.3 Å². The number of aromatic nitrogens is 3. The molecule has 122 valence electrons. The van der Waals surface area contributed by atoms with Gasteiger partial charge in [-0.05, 0) is 48.7 Å². The van der Waals surface area contributed by atoms with Crippen molar-refractivity contribution in [2.75, 3.05) is 16.8 Å². The van der Waals surface area contributed by atoms with Gasteiger partial charge in [-0.15, -0.1) is 5.10 Å². The molecule has 2 heterocycles. The fourth-order valence-electron chi connectivity index (χ4n) is 2.99. The van der Waals surface area contributed by atoms with E-state index >= 15 is 0 Å². The number of rotatable bonds is 3. The second kappa shape index (κ2) is 6.57. The number of nitrogens with one attached hydrogen (secondary N) is 1. The highest BCUT2D eigenvalue weighted by Crippen LogP contribution is 2.31. The summed E-state index contributed by atoms with van der Waals surface area (Å²) in [5.74, 6) is 1.21. The summed E-state index contributed by atoms with van der Waals surface area (Å²) in [7, 11) is 0. The molecule has 0 amide bonds. The fourth-order valence-corrected chi connectivity index (χ4v) is 2.99. The van der Waals surface area contributed by atoms with Gasteiger partial charge in [-0.25, -0.2) is 0 Å². The molecule has 6 heteroatoms. The first-order chi connectivity index (χ1) is 12.3. The standard InChI is InChI=1S/C19H16N6/c20-12-14-7-9-16(10-8-14)22-18-13-21-24-19(23-18)25-11-3-5-15-4-1-2-6-17(15)25/h1-2,4,6-10,13H,3,5,11H2,(H,22,23,24). The summed E-state index contributed by atoms with van der Waals surface area (Å²) >= 11 is 0. The first-order valence-electron chi connectivity index (χ1n) is 8.16. The molecule has 6 nitrogen and oxygen atoms in total. The maximum absolute atomic E-state index is 8.87. The van der Waals surface area contributed by atoms with Crippen LogP contribution in [0, 0.1) is 11.3 Å². The molecule has 4 rings (SSSR count). The van der Waals surface area contributed by atoms with Crippen LogP contribution in [-0.4, -0.2) is 21.7 Å². The number of para-hydroxylation sites is 1. The van der Waals surface area contributed by atoms with Gasteiger partial charge in [0.25, 0.3) is 5.95 Å². The number of aryl methyl sites for hydroxylation is 1. The predicted octanol–water partition coefficient (Wildman–Crippen LogP) is 3.57. The Labute approximate surface area is 145 Å². The van der Waals surface area contributed by atoms with E-state index in [0.29, 0.717) is 17.3 Å². The van der Waals surface area contributed by atoms with E-state index in [9.17, 15) is 0 Å². The molecule has 2 aromatic carbocycles. The number of hydrogen-bond donors (Lipinski definition) is 1. The van der Waals surface area contributed by atoms with Crippen LogP contribution < -0.4 is 10.2 Å². The van der Waals surface area contributed by atoms with Gasteiger partial charge < -0.3 is 10.2 Å². The van der Waals surface area contributed by atoms with Gasteiger partial charge in [0, 0.05) is 17.9 Å². The number of hydrogen-bond acceptors (Lipinski definition) is 6. The monoisotopic (exact) mass is 328 g/mol. The van der Waals surface area contributed by atoms with Crippen molar-refractivity contribution in [2.45, 2.75) is 12.8 Å². The maximum atomic E-state index is 8.87. The lowest BCUT2D eigenvalue weighted by molar-refractivity contribution is 0.742. The quantitative estimate of drug-likeness (QED) is 0.792. The van der Waals surface area contributed by atoms with E-state index in [-0.39, 0.29) is 0 Å². The largest absolute Gasteiger partial charge is 0.339 e. The highest BCUT2D eigenvalue weighted by Gasteiger charge is 2.20. The Balaban J connectivity index is 1.61. The van der Waals surface area contributed by atoms with E-state index in [2.05, 4.69) is 49.7 Å². The van der Waals surface area contributed by atoms with Crippen molar-refractivity contribution in [3.05, 3.63) is 65.9 Å². The fraction of sp³-hybridized carbons (Fsp3) is 0.158. The van der Waals surface area contributed by atoms with Crippen molar-refractivity contribution < 1.29 is 0 Å². The summed E-state index contributed by atoms with van der Waals surface area (Å²) in [5, 5.41) is 20.4. The van der Waals surface area contributed by atoms with Crippen LogP contribution in [-0.2, 0) is 6.42 Å². The van der Waals surface area contributed by atoms with Crippen LogP contribution in [0.4, 0.5) is 23.1 Å². The molecule has 0 saturated carbocycles. The molecule has 0 atom stereocenters. The summed E-state index contributed by atoms with van der Waals surface area (Å²) in [4.78, 5) is 6.72. The van der Waals surface area contributed by atoms with Gasteiger partial charge in [0.05, 0.1) is 17.8 Å². The second-order valence-corrected chi connectivity index (χ2v) is 5.84. The summed E-state index contributed by atoms with van der Waals surface area (Å²) in [6.45, 7) is 0.874. The predicted molar refractivity (Wildman–Crippen MR) is 96.0 cm³/mol. The minimum atomic E-state index is 0.589. The minimum absolute atomic E-state index is 0.589. The van der Waals surface area contributed by atoms with Crippen molar-refractivity contribution in [3.63, 3.8) is 0 Å². The van der Waals surface area contributed by atoms with Crippen molar-refractivity contribution in [1.82, 2.24) is 15.2 Å². The highest BCUT2D eigenvalue weighted by molar-refractivity contribution is 5.64. The summed E-state index contributed by atoms with van der Waals surface area (Å²) in [5.41, 5.74) is 3.93. The van der Waals surface area contributed by atoms with Crippen LogP contribution in [0.25, 0.3) is 0 Å². The first-order valence-corrected chi connectivity index (χ1v) is 8.16. The van der Waals surface area contributed by atoms with Gasteiger partial charge in [0.1, 0.15) is 0 Å². The molecule has 0 fully saturated rings. The van der Waals surface area contributed by atoms with Crippen LogP contribution in [0.3, 0.4) is 0 Å². The summed E-state index contributed by atoms with van der Waals surface area (Å²) in [6, 6.07) is 17.7. The third kappa shape index (κ3) is 3.12. The molecule has 1 aromatic heterocycles. The Hall–Kier alpha value is -3.46. The van der Waals surface area contributed by atoms with Crippen molar-refractivity contribution >= 4 is 23.1 Å². The molecule has 0 spiro atoms. The molecule has 0 unspecified atom stereocenters. The molecule has 0 aliphatic carbocycles. The van der Waals surface area contributed by atoms with Gasteiger partial charge >= 0.3 is 0 Å². The second-order valence-electron chi connectivity index (χ2n) is 5.84. The van der Waals surface area contributed by atoms with E-state index in [0.717, 1.165) is 30.8 Å². The average Bonchev–Trinajstić information content (AvgIpc) is 2.68. The van der Waals surface area contributed by atoms with Crippen LogP contribution in [0.5, 0.6) is 0 Å². The van der Waals surface area contributed by atoms with Gasteiger partial charge in [-0.1, -0.05) is 18.2 Å². The zero-order valence-electron chi connectivity index (χ0n) is 13.6. The van der Waals surface area contributed by atoms with E-state index in [4.69, 9.17) is 5.26 Å². The van der Waals surface area contributed by atoms with Crippen molar-refractivity contribution in [2.24, 2.45) is 0 Å². The molecule has 0 radical (unpaired) electrons. The van der Waals surface area contributed by atoms with Crippen LogP contribution >= 0.6 is 0 Å². The number of benzene rings is 2. The number of nitriles is 1. The number of fused-ring (bicyclic) bond motifs is 1. The van der Waals surface area contributed by atoms with Gasteiger partial charge in [-0.3, -0.25) is 0 Å². The molecule has 25 heavy (non-hydrogen) atoms. The number of anilines is 4. The lowest BCUT2D eigenvalue weighted by Crippen LogP contribution is -2.26. The molecule has 1 N–H and O–H groups in total. The van der Waals surface area contributed by atoms with Gasteiger partial charge in [0.2, 0.25) is 0 Å². The highest BCUT2D eigenvalue weighted by atomic mass is 15.3.